The molecular formula is C11H15NS. The zero-order valence-corrected chi connectivity index (χ0v) is 8.81. The molecule has 13 heavy (non-hydrogen) atoms. The van der Waals surface area contributed by atoms with Crippen LogP contribution in [0.3, 0.4) is 0 Å². The number of hydrogen-bond acceptors (Lipinski definition) is 2. The van der Waals surface area contributed by atoms with Gasteiger partial charge in [-0.15, -0.1) is 0 Å². The van der Waals surface area contributed by atoms with Crippen molar-refractivity contribution in [3.63, 3.8) is 0 Å². The van der Waals surface area contributed by atoms with Crippen LogP contribution in [0.15, 0.2) is 24.3 Å². The van der Waals surface area contributed by atoms with Crippen LogP contribution >= 0.6 is 11.8 Å². The molecule has 70 valence electrons. The largest absolute Gasteiger partial charge is 0.370 e. The normalized spacial score (nSPS) is 17.5. The lowest BCUT2D eigenvalue weighted by Crippen LogP contribution is -2.32. The molecule has 1 aliphatic heterocycles. The Balaban J connectivity index is 2.18. The predicted molar refractivity (Wildman–Crippen MR) is 60.7 cm³/mol. The average molecular weight is 193 g/mol. The fourth-order valence-electron chi connectivity index (χ4n) is 1.72. The van der Waals surface area contributed by atoms with E-state index in [0.29, 0.717) is 0 Å². The summed E-state index contributed by atoms with van der Waals surface area (Å²) < 4.78 is 0. The fraction of sp³-hybridized carbons (Fsp3) is 0.455. The second kappa shape index (κ2) is 4.05. The first-order valence-corrected chi connectivity index (χ1v) is 5.92. The monoisotopic (exact) mass is 193 g/mol. The van der Waals surface area contributed by atoms with Gasteiger partial charge in [0.05, 0.1) is 0 Å². The second-order valence-electron chi connectivity index (χ2n) is 3.39. The number of anilines is 1. The summed E-state index contributed by atoms with van der Waals surface area (Å²) in [6.45, 7) is 4.60. The molecule has 0 bridgehead atoms. The maximum atomic E-state index is 2.49. The Morgan fingerprint density at radius 2 is 1.85 bits per heavy atom. The van der Waals surface area contributed by atoms with Crippen LogP contribution in [-0.2, 0) is 0 Å². The van der Waals surface area contributed by atoms with Crippen molar-refractivity contribution in [1.29, 1.82) is 0 Å². The lowest BCUT2D eigenvalue weighted by atomic mass is 10.2. The van der Waals surface area contributed by atoms with Crippen molar-refractivity contribution in [1.82, 2.24) is 0 Å². The Kier molecular flexibility index (Phi) is 2.79. The van der Waals surface area contributed by atoms with Crippen molar-refractivity contribution in [2.75, 3.05) is 29.5 Å². The minimum atomic E-state index is 1.20. The summed E-state index contributed by atoms with van der Waals surface area (Å²) >= 11 is 2.06. The van der Waals surface area contributed by atoms with E-state index in [9.17, 15) is 0 Å². The van der Waals surface area contributed by atoms with Gasteiger partial charge in [-0.2, -0.15) is 11.8 Å². The first kappa shape index (κ1) is 8.95. The molecule has 0 aliphatic carbocycles. The van der Waals surface area contributed by atoms with Crippen molar-refractivity contribution < 1.29 is 0 Å². The standard InChI is InChI=1S/C11H15NS/c1-10-4-2-3-5-11(10)12-6-8-13-9-7-12/h2-5H,6-9H2,1H3. The van der Waals surface area contributed by atoms with Gasteiger partial charge in [0.1, 0.15) is 0 Å². The van der Waals surface area contributed by atoms with Gasteiger partial charge in [-0.05, 0) is 18.6 Å². The maximum Gasteiger partial charge on any atom is 0.0396 e. The highest BCUT2D eigenvalue weighted by atomic mass is 32.2. The van der Waals surface area contributed by atoms with Gasteiger partial charge < -0.3 is 4.90 Å². The van der Waals surface area contributed by atoms with Crippen LogP contribution in [0.5, 0.6) is 0 Å². The van der Waals surface area contributed by atoms with Gasteiger partial charge in [0.25, 0.3) is 0 Å². The third-order valence-corrected chi connectivity index (χ3v) is 3.41. The summed E-state index contributed by atoms with van der Waals surface area (Å²) in [4.78, 5) is 2.49. The first-order chi connectivity index (χ1) is 6.38. The summed E-state index contributed by atoms with van der Waals surface area (Å²) in [6.07, 6.45) is 0. The molecule has 0 aromatic heterocycles. The van der Waals surface area contributed by atoms with Crippen LogP contribution in [0.1, 0.15) is 5.56 Å². The molecule has 2 heteroatoms. The molecule has 0 spiro atoms. The summed E-state index contributed by atoms with van der Waals surface area (Å²) in [7, 11) is 0. The van der Waals surface area contributed by atoms with E-state index in [4.69, 9.17) is 0 Å². The number of rotatable bonds is 1. The van der Waals surface area contributed by atoms with Gasteiger partial charge >= 0.3 is 0 Å². The molecule has 0 saturated carbocycles. The molecule has 0 radical (unpaired) electrons. The van der Waals surface area contributed by atoms with E-state index >= 15 is 0 Å². The highest BCUT2D eigenvalue weighted by Gasteiger charge is 2.11. The molecule has 0 unspecified atom stereocenters. The Morgan fingerprint density at radius 3 is 2.54 bits per heavy atom. The zero-order chi connectivity index (χ0) is 9.10. The molecule has 0 N–H and O–H groups in total. The molecule has 2 rings (SSSR count). The molecule has 1 heterocycles. The number of thioether (sulfide) groups is 1. The molecule has 1 nitrogen and oxygen atoms in total. The summed E-state index contributed by atoms with van der Waals surface area (Å²) in [5.74, 6) is 2.54. The molecule has 1 aliphatic rings. The highest BCUT2D eigenvalue weighted by Crippen LogP contribution is 2.22. The van der Waals surface area contributed by atoms with Crippen molar-refractivity contribution in [3.05, 3.63) is 29.8 Å². The van der Waals surface area contributed by atoms with Gasteiger partial charge in [0.2, 0.25) is 0 Å². The Hall–Kier alpha value is -0.630. The predicted octanol–water partition coefficient (Wildman–Crippen LogP) is 2.55. The smallest absolute Gasteiger partial charge is 0.0396 e. The summed E-state index contributed by atoms with van der Waals surface area (Å²) in [5, 5.41) is 0. The van der Waals surface area contributed by atoms with E-state index < -0.39 is 0 Å². The first-order valence-electron chi connectivity index (χ1n) is 4.76. The van der Waals surface area contributed by atoms with Gasteiger partial charge in [0.15, 0.2) is 0 Å². The third kappa shape index (κ3) is 1.99. The molecule has 1 fully saturated rings. The number of hydrogen-bond donors (Lipinski definition) is 0. The SMILES string of the molecule is Cc1ccccc1N1CCSCC1. The number of aryl methyl sites for hydroxylation is 1. The molecule has 1 saturated heterocycles. The van der Waals surface area contributed by atoms with Crippen molar-refractivity contribution in [3.8, 4) is 0 Å². The molecular weight excluding hydrogens is 178 g/mol. The van der Waals surface area contributed by atoms with Crippen molar-refractivity contribution in [2.45, 2.75) is 6.92 Å². The Morgan fingerprint density at radius 1 is 1.15 bits per heavy atom. The van der Waals surface area contributed by atoms with Gasteiger partial charge in [-0.25, -0.2) is 0 Å². The minimum absolute atomic E-state index is 1.20. The summed E-state index contributed by atoms with van der Waals surface area (Å²) in [5.41, 5.74) is 2.82. The van der Waals surface area contributed by atoms with Crippen LogP contribution in [0, 0.1) is 6.92 Å². The maximum absolute atomic E-state index is 2.49. The topological polar surface area (TPSA) is 3.24 Å². The Bertz CT molecular complexity index is 279. The lowest BCUT2D eigenvalue weighted by molar-refractivity contribution is 0.854. The van der Waals surface area contributed by atoms with E-state index in [1.807, 2.05) is 0 Å². The average Bonchev–Trinajstić information content (AvgIpc) is 2.20. The molecule has 0 atom stereocenters. The molecule has 0 amide bonds. The minimum Gasteiger partial charge on any atom is -0.370 e. The van der Waals surface area contributed by atoms with E-state index in [1.165, 1.54) is 35.8 Å². The highest BCUT2D eigenvalue weighted by molar-refractivity contribution is 7.99. The second-order valence-corrected chi connectivity index (χ2v) is 4.61. The molecule has 1 aromatic rings. The zero-order valence-electron chi connectivity index (χ0n) is 7.99. The van der Waals surface area contributed by atoms with Crippen LogP contribution < -0.4 is 4.90 Å². The lowest BCUT2D eigenvalue weighted by Gasteiger charge is -2.29. The fourth-order valence-corrected chi connectivity index (χ4v) is 2.63. The van der Waals surface area contributed by atoms with Gasteiger partial charge in [0, 0.05) is 30.3 Å². The number of nitrogens with zero attached hydrogens (tertiary/aromatic N) is 1. The van der Waals surface area contributed by atoms with Gasteiger partial charge in [-0.3, -0.25) is 0 Å². The third-order valence-electron chi connectivity index (χ3n) is 2.47. The van der Waals surface area contributed by atoms with Gasteiger partial charge in [-0.1, -0.05) is 18.2 Å². The van der Waals surface area contributed by atoms with E-state index in [2.05, 4.69) is 47.9 Å². The quantitative estimate of drug-likeness (QED) is 0.674. The van der Waals surface area contributed by atoms with Crippen LogP contribution in [0.25, 0.3) is 0 Å². The van der Waals surface area contributed by atoms with E-state index in [0.717, 1.165) is 0 Å². The summed E-state index contributed by atoms with van der Waals surface area (Å²) in [6, 6.07) is 8.66. The molecule has 1 aromatic carbocycles. The van der Waals surface area contributed by atoms with Crippen LogP contribution in [0.4, 0.5) is 5.69 Å². The number of para-hydroxylation sites is 1. The van der Waals surface area contributed by atoms with Crippen LogP contribution in [-0.4, -0.2) is 24.6 Å². The van der Waals surface area contributed by atoms with E-state index in [-0.39, 0.29) is 0 Å². The van der Waals surface area contributed by atoms with Crippen LogP contribution in [0.2, 0.25) is 0 Å². The Labute approximate surface area is 84.1 Å². The van der Waals surface area contributed by atoms with E-state index in [1.54, 1.807) is 0 Å². The van der Waals surface area contributed by atoms with Crippen molar-refractivity contribution >= 4 is 17.4 Å². The van der Waals surface area contributed by atoms with Crippen molar-refractivity contribution in [2.24, 2.45) is 0 Å². The number of benzene rings is 1.